The van der Waals surface area contributed by atoms with E-state index in [1.54, 1.807) is 0 Å². The van der Waals surface area contributed by atoms with Crippen molar-refractivity contribution in [3.63, 3.8) is 0 Å². The highest BCUT2D eigenvalue weighted by Gasteiger charge is 2.33. The first-order valence-electron chi connectivity index (χ1n) is 19.7. The topological polar surface area (TPSA) is 27.5 Å². The van der Waals surface area contributed by atoms with Crippen molar-refractivity contribution >= 4 is 55.9 Å². The van der Waals surface area contributed by atoms with E-state index in [2.05, 4.69) is 228 Å². The lowest BCUT2D eigenvalue weighted by atomic mass is 9.95. The molecule has 3 heterocycles. The molecular weight excluding hydrogens is 695 g/mol. The first-order valence-corrected chi connectivity index (χ1v) is 19.7. The van der Waals surface area contributed by atoms with E-state index in [4.69, 9.17) is 4.98 Å². The van der Waals surface area contributed by atoms with E-state index in [-0.39, 0.29) is 5.54 Å². The molecule has 0 N–H and O–H groups in total. The van der Waals surface area contributed by atoms with Gasteiger partial charge in [0.1, 0.15) is 5.82 Å². The quantitative estimate of drug-likeness (QED) is 0.163. The van der Waals surface area contributed by atoms with E-state index >= 15 is 0 Å². The maximum Gasteiger partial charge on any atom is 0.138 e. The van der Waals surface area contributed by atoms with Crippen molar-refractivity contribution in [2.75, 3.05) is 21.4 Å². The molecule has 7 aromatic carbocycles. The van der Waals surface area contributed by atoms with Gasteiger partial charge < -0.3 is 14.7 Å². The molecule has 0 atom stereocenters. The van der Waals surface area contributed by atoms with Gasteiger partial charge in [0, 0.05) is 45.3 Å². The van der Waals surface area contributed by atoms with Crippen LogP contribution in [0.1, 0.15) is 20.8 Å². The van der Waals surface area contributed by atoms with Gasteiger partial charge in [-0.2, -0.15) is 0 Å². The van der Waals surface area contributed by atoms with Gasteiger partial charge in [-0.3, -0.25) is 4.57 Å². The summed E-state index contributed by atoms with van der Waals surface area (Å²) in [6.07, 6.45) is 1.94. The SMILES string of the molecule is CC(C)(C)N1CN(c2cccc(N(c3ccccc3)c3ccc4c5ccccc5n(-c5cc(-c6ccccc6-c6ccccc6)ccn5)c4c3)c2)c2ccccc21. The van der Waals surface area contributed by atoms with Crippen LogP contribution < -0.4 is 14.7 Å². The van der Waals surface area contributed by atoms with Crippen LogP contribution in [0.15, 0.2) is 194 Å². The summed E-state index contributed by atoms with van der Waals surface area (Å²) in [5.74, 6) is 0.878. The number of hydrogen-bond acceptors (Lipinski definition) is 4. The van der Waals surface area contributed by atoms with Crippen LogP contribution in [0.3, 0.4) is 0 Å². The molecule has 0 unspecified atom stereocenters. The summed E-state index contributed by atoms with van der Waals surface area (Å²) < 4.78 is 2.32. The minimum absolute atomic E-state index is 0.0218. The van der Waals surface area contributed by atoms with Crippen LogP contribution in [-0.4, -0.2) is 21.8 Å². The minimum Gasteiger partial charge on any atom is -0.347 e. The van der Waals surface area contributed by atoms with Crippen molar-refractivity contribution in [1.29, 1.82) is 0 Å². The Labute approximate surface area is 334 Å². The van der Waals surface area contributed by atoms with Crippen LogP contribution in [-0.2, 0) is 0 Å². The van der Waals surface area contributed by atoms with Crippen LogP contribution in [0.4, 0.5) is 34.1 Å². The van der Waals surface area contributed by atoms with Gasteiger partial charge in [-0.15, -0.1) is 0 Å². The predicted molar refractivity (Wildman–Crippen MR) is 240 cm³/mol. The largest absolute Gasteiger partial charge is 0.347 e. The molecule has 0 aliphatic carbocycles. The van der Waals surface area contributed by atoms with Gasteiger partial charge >= 0.3 is 0 Å². The second-order valence-electron chi connectivity index (χ2n) is 15.7. The van der Waals surface area contributed by atoms with Gasteiger partial charge in [0.15, 0.2) is 0 Å². The summed E-state index contributed by atoms with van der Waals surface area (Å²) in [6, 6.07) is 67.5. The van der Waals surface area contributed by atoms with Crippen molar-refractivity contribution in [3.05, 3.63) is 194 Å². The average molecular weight is 738 g/mol. The maximum atomic E-state index is 5.04. The third-order valence-corrected chi connectivity index (χ3v) is 11.2. The fourth-order valence-corrected chi connectivity index (χ4v) is 8.49. The molecule has 1 aliphatic rings. The number of rotatable bonds is 7. The van der Waals surface area contributed by atoms with Crippen LogP contribution in [0.25, 0.3) is 49.9 Å². The smallest absolute Gasteiger partial charge is 0.138 e. The standard InChI is InChI=1S/C52H43N5/c1-52(2,3)55-36-54(48-27-14-15-28-49(48)55)40-21-16-22-41(34-40)56(39-19-8-5-9-20-39)42-29-30-46-45-25-12-13-26-47(45)57(50(46)35-42)51-33-38(31-32-53-51)44-24-11-10-23-43(44)37-17-6-4-7-18-37/h4-35H,36H2,1-3H3. The molecule has 2 aromatic heterocycles. The van der Waals surface area contributed by atoms with Gasteiger partial charge in [-0.05, 0) is 116 Å². The zero-order chi connectivity index (χ0) is 38.5. The molecule has 0 fully saturated rings. The van der Waals surface area contributed by atoms with Gasteiger partial charge in [-0.25, -0.2) is 4.98 Å². The van der Waals surface area contributed by atoms with Crippen LogP contribution in [0, 0.1) is 0 Å². The van der Waals surface area contributed by atoms with Crippen molar-refractivity contribution in [2.24, 2.45) is 0 Å². The molecule has 5 heteroatoms. The second kappa shape index (κ2) is 13.9. The van der Waals surface area contributed by atoms with Crippen molar-refractivity contribution in [1.82, 2.24) is 9.55 Å². The molecule has 10 rings (SSSR count). The molecule has 9 aromatic rings. The Kier molecular flexibility index (Phi) is 8.37. The summed E-state index contributed by atoms with van der Waals surface area (Å²) in [7, 11) is 0. The molecule has 1 aliphatic heterocycles. The predicted octanol–water partition coefficient (Wildman–Crippen LogP) is 13.7. The first kappa shape index (κ1) is 34.4. The Balaban J connectivity index is 1.12. The molecule has 0 spiro atoms. The number of fused-ring (bicyclic) bond motifs is 4. The van der Waals surface area contributed by atoms with E-state index in [1.165, 1.54) is 38.8 Å². The lowest BCUT2D eigenvalue weighted by Crippen LogP contribution is -2.42. The van der Waals surface area contributed by atoms with Crippen LogP contribution >= 0.6 is 0 Å². The number of pyridine rings is 1. The molecule has 0 bridgehead atoms. The third kappa shape index (κ3) is 6.09. The molecule has 0 radical (unpaired) electrons. The van der Waals surface area contributed by atoms with E-state index in [0.29, 0.717) is 0 Å². The summed E-state index contributed by atoms with van der Waals surface area (Å²) >= 11 is 0. The summed E-state index contributed by atoms with van der Waals surface area (Å²) in [5, 5.41) is 2.38. The molecule has 276 valence electrons. The summed E-state index contributed by atoms with van der Waals surface area (Å²) in [4.78, 5) is 12.3. The molecule has 5 nitrogen and oxygen atoms in total. The Morgan fingerprint density at radius 1 is 0.491 bits per heavy atom. The number of aromatic nitrogens is 2. The molecular formula is C52H43N5. The normalized spacial score (nSPS) is 12.7. The highest BCUT2D eigenvalue weighted by Crippen LogP contribution is 2.46. The van der Waals surface area contributed by atoms with Crippen molar-refractivity contribution < 1.29 is 0 Å². The second-order valence-corrected chi connectivity index (χ2v) is 15.7. The molecule has 0 amide bonds. The van der Waals surface area contributed by atoms with Crippen LogP contribution in [0.5, 0.6) is 0 Å². The Hall–Kier alpha value is -7.11. The third-order valence-electron chi connectivity index (χ3n) is 11.2. The average Bonchev–Trinajstić information content (AvgIpc) is 3.82. The van der Waals surface area contributed by atoms with Gasteiger partial charge in [0.2, 0.25) is 0 Å². The monoisotopic (exact) mass is 737 g/mol. The lowest BCUT2D eigenvalue weighted by molar-refractivity contribution is 0.518. The van der Waals surface area contributed by atoms with Gasteiger partial charge in [0.05, 0.1) is 29.1 Å². The molecule has 57 heavy (non-hydrogen) atoms. The number of hydrogen-bond donors (Lipinski definition) is 0. The Morgan fingerprint density at radius 3 is 1.91 bits per heavy atom. The number of benzene rings is 7. The summed E-state index contributed by atoms with van der Waals surface area (Å²) in [5.41, 5.74) is 13.8. The molecule has 0 saturated carbocycles. The Bertz CT molecular complexity index is 2890. The lowest BCUT2D eigenvalue weighted by Gasteiger charge is -2.34. The van der Waals surface area contributed by atoms with E-state index < -0.39 is 0 Å². The molecule has 0 saturated heterocycles. The van der Waals surface area contributed by atoms with E-state index in [0.717, 1.165) is 51.8 Å². The minimum atomic E-state index is -0.0218. The first-order chi connectivity index (χ1) is 27.9. The van der Waals surface area contributed by atoms with Crippen molar-refractivity contribution in [2.45, 2.75) is 26.3 Å². The fraction of sp³-hybridized carbons (Fsp3) is 0.0962. The van der Waals surface area contributed by atoms with E-state index in [9.17, 15) is 0 Å². The van der Waals surface area contributed by atoms with E-state index in [1.807, 2.05) is 6.20 Å². The number of nitrogens with zero attached hydrogens (tertiary/aromatic N) is 5. The van der Waals surface area contributed by atoms with Gasteiger partial charge in [-0.1, -0.05) is 115 Å². The summed E-state index contributed by atoms with van der Waals surface area (Å²) in [6.45, 7) is 7.63. The zero-order valence-electron chi connectivity index (χ0n) is 32.4. The Morgan fingerprint density at radius 2 is 1.12 bits per heavy atom. The van der Waals surface area contributed by atoms with Gasteiger partial charge in [0.25, 0.3) is 0 Å². The maximum absolute atomic E-state index is 5.04. The van der Waals surface area contributed by atoms with Crippen LogP contribution in [0.2, 0.25) is 0 Å². The van der Waals surface area contributed by atoms with Crippen molar-refractivity contribution in [3.8, 4) is 28.1 Å². The fourth-order valence-electron chi connectivity index (χ4n) is 8.49. The highest BCUT2D eigenvalue weighted by atomic mass is 15.4. The number of para-hydroxylation sites is 4. The zero-order valence-corrected chi connectivity index (χ0v) is 32.4. The highest BCUT2D eigenvalue weighted by molar-refractivity contribution is 6.10. The number of anilines is 6.